The lowest BCUT2D eigenvalue weighted by Gasteiger charge is -2.22. The van der Waals surface area contributed by atoms with Gasteiger partial charge in [-0.05, 0) is 31.8 Å². The van der Waals surface area contributed by atoms with Gasteiger partial charge in [0.2, 0.25) is 5.13 Å². The number of nitrogens with zero attached hydrogens (tertiary/aromatic N) is 2. The number of aromatic nitrogens is 2. The first-order valence-electron chi connectivity index (χ1n) is 4.66. The van der Waals surface area contributed by atoms with Gasteiger partial charge in [0.1, 0.15) is 5.51 Å². The Balaban J connectivity index is 1.72. The first-order chi connectivity index (χ1) is 6.45. The molecule has 2 rings (SSSR count). The average Bonchev–Trinajstić information content (AvgIpc) is 2.69. The second-order valence-electron chi connectivity index (χ2n) is 3.34. The summed E-state index contributed by atoms with van der Waals surface area (Å²) >= 11 is 1.56. The number of rotatable bonds is 3. The Labute approximate surface area is 81.8 Å². The lowest BCUT2D eigenvalue weighted by atomic mass is 10.00. The summed E-state index contributed by atoms with van der Waals surface area (Å²) in [6, 6.07) is 0. The summed E-state index contributed by atoms with van der Waals surface area (Å²) in [5, 5.41) is 15.3. The van der Waals surface area contributed by atoms with Crippen molar-refractivity contribution in [2.75, 3.05) is 25.0 Å². The number of piperidine rings is 1. The summed E-state index contributed by atoms with van der Waals surface area (Å²) in [5.74, 6) is 0.748. The fraction of sp³-hybridized carbons (Fsp3) is 0.750. The van der Waals surface area contributed by atoms with Crippen LogP contribution >= 0.6 is 11.3 Å². The maximum atomic E-state index is 3.94. The van der Waals surface area contributed by atoms with E-state index >= 15 is 0 Å². The molecule has 0 spiro atoms. The fourth-order valence-corrected chi connectivity index (χ4v) is 2.04. The van der Waals surface area contributed by atoms with Gasteiger partial charge in [0.15, 0.2) is 0 Å². The van der Waals surface area contributed by atoms with E-state index in [1.165, 1.54) is 19.4 Å². The monoisotopic (exact) mass is 198 g/mol. The van der Waals surface area contributed by atoms with E-state index in [0.29, 0.717) is 0 Å². The van der Waals surface area contributed by atoms with E-state index in [-0.39, 0.29) is 0 Å². The van der Waals surface area contributed by atoms with E-state index in [1.54, 1.807) is 16.8 Å². The highest BCUT2D eigenvalue weighted by Crippen LogP contribution is 2.13. The van der Waals surface area contributed by atoms with Gasteiger partial charge in [-0.25, -0.2) is 0 Å². The fourth-order valence-electron chi connectivity index (χ4n) is 1.58. The van der Waals surface area contributed by atoms with Crippen molar-refractivity contribution in [1.82, 2.24) is 15.5 Å². The van der Waals surface area contributed by atoms with Gasteiger partial charge in [0.25, 0.3) is 0 Å². The number of anilines is 1. The van der Waals surface area contributed by atoms with Crippen molar-refractivity contribution >= 4 is 16.5 Å². The first-order valence-corrected chi connectivity index (χ1v) is 5.54. The Kier molecular flexibility index (Phi) is 3.10. The summed E-state index contributed by atoms with van der Waals surface area (Å²) < 4.78 is 0. The van der Waals surface area contributed by atoms with E-state index in [1.807, 2.05) is 0 Å². The van der Waals surface area contributed by atoms with Gasteiger partial charge in [0.05, 0.1) is 0 Å². The molecule has 1 aromatic heterocycles. The maximum absolute atomic E-state index is 3.94. The lowest BCUT2D eigenvalue weighted by Crippen LogP contribution is -2.33. The summed E-state index contributed by atoms with van der Waals surface area (Å²) in [7, 11) is 0. The zero-order chi connectivity index (χ0) is 8.93. The molecule has 0 bridgehead atoms. The van der Waals surface area contributed by atoms with Crippen molar-refractivity contribution < 1.29 is 0 Å². The van der Waals surface area contributed by atoms with E-state index in [4.69, 9.17) is 0 Å². The zero-order valence-electron chi connectivity index (χ0n) is 7.49. The summed E-state index contributed by atoms with van der Waals surface area (Å²) in [4.78, 5) is 0. The van der Waals surface area contributed by atoms with Crippen LogP contribution in [-0.2, 0) is 0 Å². The van der Waals surface area contributed by atoms with Crippen LogP contribution in [0.15, 0.2) is 5.51 Å². The molecule has 1 atom stereocenters. The molecule has 0 radical (unpaired) electrons. The van der Waals surface area contributed by atoms with Crippen LogP contribution in [0.2, 0.25) is 0 Å². The molecule has 2 heterocycles. The summed E-state index contributed by atoms with van der Waals surface area (Å²) in [6.07, 6.45) is 2.61. The third-order valence-corrected chi connectivity index (χ3v) is 2.95. The van der Waals surface area contributed by atoms with Crippen molar-refractivity contribution in [3.63, 3.8) is 0 Å². The predicted molar refractivity (Wildman–Crippen MR) is 54.0 cm³/mol. The Morgan fingerprint density at radius 3 is 3.38 bits per heavy atom. The number of hydrogen-bond donors (Lipinski definition) is 2. The molecule has 0 aliphatic carbocycles. The molecule has 0 aromatic carbocycles. The van der Waals surface area contributed by atoms with Crippen molar-refractivity contribution in [3.8, 4) is 0 Å². The number of nitrogens with one attached hydrogen (secondary N) is 2. The quantitative estimate of drug-likeness (QED) is 0.759. The molecule has 72 valence electrons. The van der Waals surface area contributed by atoms with Gasteiger partial charge in [-0.1, -0.05) is 11.3 Å². The molecule has 1 fully saturated rings. The zero-order valence-corrected chi connectivity index (χ0v) is 8.31. The standard InChI is InChI=1S/C8H14N4S/c1-2-7(4-9-3-1)5-10-8-12-11-6-13-8/h6-7,9H,1-5H2,(H,10,12). The molecule has 2 N–H and O–H groups in total. The molecule has 0 saturated carbocycles. The molecule has 4 nitrogen and oxygen atoms in total. The molecule has 1 aromatic rings. The minimum atomic E-state index is 0.748. The van der Waals surface area contributed by atoms with Gasteiger partial charge in [-0.15, -0.1) is 10.2 Å². The van der Waals surface area contributed by atoms with Crippen LogP contribution in [0.4, 0.5) is 5.13 Å². The molecular weight excluding hydrogens is 184 g/mol. The topological polar surface area (TPSA) is 49.8 Å². The van der Waals surface area contributed by atoms with Crippen molar-refractivity contribution in [1.29, 1.82) is 0 Å². The Morgan fingerprint density at radius 2 is 2.69 bits per heavy atom. The maximum Gasteiger partial charge on any atom is 0.205 e. The van der Waals surface area contributed by atoms with Gasteiger partial charge >= 0.3 is 0 Å². The van der Waals surface area contributed by atoms with Crippen molar-refractivity contribution in [3.05, 3.63) is 5.51 Å². The lowest BCUT2D eigenvalue weighted by molar-refractivity contribution is 0.393. The van der Waals surface area contributed by atoms with E-state index < -0.39 is 0 Å². The third kappa shape index (κ3) is 2.63. The van der Waals surface area contributed by atoms with Crippen molar-refractivity contribution in [2.45, 2.75) is 12.8 Å². The summed E-state index contributed by atoms with van der Waals surface area (Å²) in [5.41, 5.74) is 1.75. The molecule has 1 aliphatic heterocycles. The van der Waals surface area contributed by atoms with Crippen LogP contribution in [0, 0.1) is 5.92 Å². The van der Waals surface area contributed by atoms with Crippen LogP contribution in [0.25, 0.3) is 0 Å². The second-order valence-corrected chi connectivity index (χ2v) is 4.17. The van der Waals surface area contributed by atoms with Crippen LogP contribution in [0.5, 0.6) is 0 Å². The number of hydrogen-bond acceptors (Lipinski definition) is 5. The van der Waals surface area contributed by atoms with Gasteiger partial charge < -0.3 is 10.6 Å². The van der Waals surface area contributed by atoms with Gasteiger partial charge in [-0.2, -0.15) is 0 Å². The van der Waals surface area contributed by atoms with E-state index in [0.717, 1.165) is 24.1 Å². The second kappa shape index (κ2) is 4.53. The third-order valence-electron chi connectivity index (χ3n) is 2.30. The smallest absolute Gasteiger partial charge is 0.205 e. The average molecular weight is 198 g/mol. The van der Waals surface area contributed by atoms with Crippen LogP contribution in [-0.4, -0.2) is 29.8 Å². The molecule has 1 saturated heterocycles. The Morgan fingerprint density at radius 1 is 1.69 bits per heavy atom. The van der Waals surface area contributed by atoms with Gasteiger partial charge in [-0.3, -0.25) is 0 Å². The SMILES string of the molecule is c1nnc(NCC2CCCNC2)s1. The Hall–Kier alpha value is -0.680. The van der Waals surface area contributed by atoms with E-state index in [2.05, 4.69) is 20.8 Å². The predicted octanol–water partition coefficient (Wildman–Crippen LogP) is 0.950. The van der Waals surface area contributed by atoms with Crippen LogP contribution in [0.3, 0.4) is 0 Å². The van der Waals surface area contributed by atoms with Crippen LogP contribution in [0.1, 0.15) is 12.8 Å². The van der Waals surface area contributed by atoms with E-state index in [9.17, 15) is 0 Å². The van der Waals surface area contributed by atoms with Crippen molar-refractivity contribution in [2.24, 2.45) is 5.92 Å². The molecular formula is C8H14N4S. The summed E-state index contributed by atoms with van der Waals surface area (Å²) in [6.45, 7) is 3.32. The molecule has 1 unspecified atom stereocenters. The first kappa shape index (κ1) is 8.90. The highest BCUT2D eigenvalue weighted by atomic mass is 32.1. The highest BCUT2D eigenvalue weighted by Gasteiger charge is 2.12. The molecule has 5 heteroatoms. The molecule has 13 heavy (non-hydrogen) atoms. The highest BCUT2D eigenvalue weighted by molar-refractivity contribution is 7.13. The van der Waals surface area contributed by atoms with Crippen LogP contribution < -0.4 is 10.6 Å². The minimum absolute atomic E-state index is 0.748. The molecule has 0 amide bonds. The molecule has 1 aliphatic rings. The minimum Gasteiger partial charge on any atom is -0.360 e. The Bertz CT molecular complexity index is 230. The van der Waals surface area contributed by atoms with Gasteiger partial charge in [0, 0.05) is 6.54 Å². The largest absolute Gasteiger partial charge is 0.360 e. The normalized spacial score (nSPS) is 22.9.